The molecule has 0 saturated heterocycles. The number of hydrogen-bond donors (Lipinski definition) is 3. The third kappa shape index (κ3) is 2.49. The van der Waals surface area contributed by atoms with Crippen LogP contribution in [0, 0.1) is 11.8 Å². The van der Waals surface area contributed by atoms with Gasteiger partial charge in [0.05, 0.1) is 5.60 Å². The number of rotatable bonds is 2. The van der Waals surface area contributed by atoms with Crippen molar-refractivity contribution in [3.05, 3.63) is 65.2 Å². The molecule has 0 bridgehead atoms. The van der Waals surface area contributed by atoms with Crippen LogP contribution in [0.4, 0.5) is 0 Å². The molecule has 0 aliphatic heterocycles. The van der Waals surface area contributed by atoms with Crippen LogP contribution >= 0.6 is 0 Å². The van der Waals surface area contributed by atoms with Crippen LogP contribution in [0.25, 0.3) is 0 Å². The summed E-state index contributed by atoms with van der Waals surface area (Å²) in [5.41, 5.74) is 0.474. The lowest BCUT2D eigenvalue weighted by molar-refractivity contribution is -0.211. The standard InChI is InChI=1S/C25H32O3/c1-5-24-15-23(4,27)25(28,18-9-7-6-8-10-18)14-22(24)17(3)16(2)20-13-19(26)11-12-21(20)24/h6-13,16-17,22,26-28H,5,14-15H2,1-4H3/t16?,17?,22-,23?,24?,25?/m0/s1. The van der Waals surface area contributed by atoms with Gasteiger partial charge < -0.3 is 15.3 Å². The molecule has 2 aromatic carbocycles. The molecule has 2 aromatic rings. The Balaban J connectivity index is 1.91. The molecule has 0 amide bonds. The lowest BCUT2D eigenvalue weighted by atomic mass is 9.45. The zero-order valence-electron chi connectivity index (χ0n) is 17.3. The van der Waals surface area contributed by atoms with Gasteiger partial charge in [-0.25, -0.2) is 0 Å². The van der Waals surface area contributed by atoms with E-state index in [9.17, 15) is 15.3 Å². The van der Waals surface area contributed by atoms with Gasteiger partial charge in [0.2, 0.25) is 0 Å². The summed E-state index contributed by atoms with van der Waals surface area (Å²) < 4.78 is 0. The number of aromatic hydroxyl groups is 1. The minimum Gasteiger partial charge on any atom is -0.508 e. The Kier molecular flexibility index (Phi) is 4.40. The molecule has 3 heteroatoms. The Morgan fingerprint density at radius 2 is 1.71 bits per heavy atom. The minimum atomic E-state index is -1.28. The lowest BCUT2D eigenvalue weighted by Gasteiger charge is -2.61. The van der Waals surface area contributed by atoms with Crippen molar-refractivity contribution in [1.82, 2.24) is 0 Å². The Morgan fingerprint density at radius 1 is 1.04 bits per heavy atom. The van der Waals surface area contributed by atoms with Crippen molar-refractivity contribution in [3.8, 4) is 5.75 Å². The summed E-state index contributed by atoms with van der Waals surface area (Å²) in [6.07, 6.45) is 1.93. The normalized spacial score (nSPS) is 39.9. The van der Waals surface area contributed by atoms with Gasteiger partial charge in [-0.3, -0.25) is 0 Å². The van der Waals surface area contributed by atoms with Gasteiger partial charge in [0.25, 0.3) is 0 Å². The molecule has 0 aromatic heterocycles. The highest BCUT2D eigenvalue weighted by Crippen LogP contribution is 2.63. The van der Waals surface area contributed by atoms with E-state index in [1.165, 1.54) is 11.1 Å². The number of hydrogen-bond acceptors (Lipinski definition) is 3. The monoisotopic (exact) mass is 380 g/mol. The first-order valence-corrected chi connectivity index (χ1v) is 10.5. The molecule has 3 nitrogen and oxygen atoms in total. The maximum Gasteiger partial charge on any atom is 0.118 e. The fourth-order valence-corrected chi connectivity index (χ4v) is 6.34. The molecule has 0 heterocycles. The van der Waals surface area contributed by atoms with Gasteiger partial charge in [-0.2, -0.15) is 0 Å². The van der Waals surface area contributed by atoms with Crippen LogP contribution < -0.4 is 0 Å². The SMILES string of the molecule is CCC12CC(C)(O)C(O)(c3ccccc3)C[C@H]1C(C)C(C)c1cc(O)ccc12. The topological polar surface area (TPSA) is 60.7 Å². The molecular weight excluding hydrogens is 348 g/mol. The highest BCUT2D eigenvalue weighted by molar-refractivity contribution is 5.47. The smallest absolute Gasteiger partial charge is 0.118 e. The van der Waals surface area contributed by atoms with E-state index >= 15 is 0 Å². The predicted molar refractivity (Wildman–Crippen MR) is 111 cm³/mol. The number of benzene rings is 2. The van der Waals surface area contributed by atoms with Crippen molar-refractivity contribution in [2.75, 3.05) is 0 Å². The van der Waals surface area contributed by atoms with Gasteiger partial charge in [-0.1, -0.05) is 57.2 Å². The zero-order valence-corrected chi connectivity index (χ0v) is 17.3. The summed E-state index contributed by atoms with van der Waals surface area (Å²) in [6.45, 7) is 8.46. The molecule has 0 spiro atoms. The van der Waals surface area contributed by atoms with Crippen molar-refractivity contribution in [2.24, 2.45) is 11.8 Å². The Labute approximate surface area is 168 Å². The van der Waals surface area contributed by atoms with E-state index in [4.69, 9.17) is 0 Å². The van der Waals surface area contributed by atoms with Crippen molar-refractivity contribution in [3.63, 3.8) is 0 Å². The van der Waals surface area contributed by atoms with Gasteiger partial charge in [0.15, 0.2) is 0 Å². The van der Waals surface area contributed by atoms with Gasteiger partial charge in [-0.15, -0.1) is 0 Å². The van der Waals surface area contributed by atoms with Gasteiger partial charge in [-0.05, 0) is 72.8 Å². The van der Waals surface area contributed by atoms with E-state index in [1.807, 2.05) is 42.5 Å². The Morgan fingerprint density at radius 3 is 2.36 bits per heavy atom. The van der Waals surface area contributed by atoms with Crippen molar-refractivity contribution >= 4 is 0 Å². The second-order valence-electron chi connectivity index (χ2n) is 9.42. The summed E-state index contributed by atoms with van der Waals surface area (Å²) in [7, 11) is 0. The molecule has 150 valence electrons. The molecule has 28 heavy (non-hydrogen) atoms. The average molecular weight is 381 g/mol. The number of fused-ring (bicyclic) bond motifs is 3. The second-order valence-corrected chi connectivity index (χ2v) is 9.42. The maximum absolute atomic E-state index is 11.8. The van der Waals surface area contributed by atoms with Crippen molar-refractivity contribution in [2.45, 2.75) is 69.5 Å². The highest BCUT2D eigenvalue weighted by atomic mass is 16.4. The minimum absolute atomic E-state index is 0.209. The van der Waals surface area contributed by atoms with Crippen LogP contribution in [0.2, 0.25) is 0 Å². The van der Waals surface area contributed by atoms with E-state index in [0.29, 0.717) is 24.5 Å². The van der Waals surface area contributed by atoms with Gasteiger partial charge in [0, 0.05) is 5.41 Å². The molecule has 2 aliphatic rings. The maximum atomic E-state index is 11.8. The third-order valence-electron chi connectivity index (χ3n) is 8.14. The fourth-order valence-electron chi connectivity index (χ4n) is 6.34. The van der Waals surface area contributed by atoms with E-state index in [-0.39, 0.29) is 17.3 Å². The molecule has 6 atom stereocenters. The van der Waals surface area contributed by atoms with Crippen LogP contribution in [0.3, 0.4) is 0 Å². The first kappa shape index (κ1) is 19.5. The fraction of sp³-hybridized carbons (Fsp3) is 0.520. The van der Waals surface area contributed by atoms with Crippen molar-refractivity contribution < 1.29 is 15.3 Å². The molecule has 0 radical (unpaired) electrons. The summed E-state index contributed by atoms with van der Waals surface area (Å²) >= 11 is 0. The predicted octanol–water partition coefficient (Wildman–Crippen LogP) is 4.84. The Hall–Kier alpha value is -1.84. The van der Waals surface area contributed by atoms with Crippen LogP contribution in [-0.4, -0.2) is 20.9 Å². The van der Waals surface area contributed by atoms with Crippen LogP contribution in [-0.2, 0) is 11.0 Å². The first-order valence-electron chi connectivity index (χ1n) is 10.5. The van der Waals surface area contributed by atoms with Crippen LogP contribution in [0.1, 0.15) is 69.6 Å². The molecule has 4 rings (SSSR count). The summed E-state index contributed by atoms with van der Waals surface area (Å²) in [6, 6.07) is 15.4. The number of phenolic OH excluding ortho intramolecular Hbond substituents is 1. The number of aliphatic hydroxyl groups is 2. The second kappa shape index (κ2) is 6.33. The van der Waals surface area contributed by atoms with E-state index in [0.717, 1.165) is 12.0 Å². The Bertz CT molecular complexity index is 875. The molecule has 3 N–H and O–H groups in total. The quantitative estimate of drug-likeness (QED) is 0.698. The molecule has 1 saturated carbocycles. The molecular formula is C25H32O3. The highest BCUT2D eigenvalue weighted by Gasteiger charge is 2.62. The van der Waals surface area contributed by atoms with E-state index in [2.05, 4.69) is 20.8 Å². The van der Waals surface area contributed by atoms with Crippen LogP contribution in [0.5, 0.6) is 5.75 Å². The van der Waals surface area contributed by atoms with Crippen molar-refractivity contribution in [1.29, 1.82) is 0 Å². The summed E-state index contributed by atoms with van der Waals surface area (Å²) in [5.74, 6) is 1.16. The summed E-state index contributed by atoms with van der Waals surface area (Å²) in [5, 5.41) is 33.5. The largest absolute Gasteiger partial charge is 0.508 e. The average Bonchev–Trinajstić information content (AvgIpc) is 2.68. The lowest BCUT2D eigenvalue weighted by Crippen LogP contribution is -2.63. The summed E-state index contributed by atoms with van der Waals surface area (Å²) in [4.78, 5) is 0. The van der Waals surface area contributed by atoms with E-state index in [1.54, 1.807) is 13.0 Å². The molecule has 5 unspecified atom stereocenters. The molecule has 2 aliphatic carbocycles. The van der Waals surface area contributed by atoms with Crippen LogP contribution in [0.15, 0.2) is 48.5 Å². The van der Waals surface area contributed by atoms with Gasteiger partial charge >= 0.3 is 0 Å². The van der Waals surface area contributed by atoms with E-state index < -0.39 is 11.2 Å². The number of phenols is 1. The molecule has 1 fully saturated rings. The zero-order chi connectivity index (χ0) is 20.3. The van der Waals surface area contributed by atoms with Gasteiger partial charge in [0.1, 0.15) is 11.4 Å². The third-order valence-corrected chi connectivity index (χ3v) is 8.14. The first-order chi connectivity index (χ1) is 13.2.